The first-order chi connectivity index (χ1) is 11.8. The van der Waals surface area contributed by atoms with E-state index in [2.05, 4.69) is 10.3 Å². The zero-order valence-corrected chi connectivity index (χ0v) is 14.3. The smallest absolute Gasteiger partial charge is 0.397 e. The highest BCUT2D eigenvalue weighted by atomic mass is 32.1. The Morgan fingerprint density at radius 1 is 1.36 bits per heavy atom. The van der Waals surface area contributed by atoms with Crippen LogP contribution < -0.4 is 11.1 Å². The number of nitrogens with one attached hydrogen (secondary N) is 1. The number of fused-ring (bicyclic) bond motifs is 1. The number of rotatable bonds is 3. The Balaban J connectivity index is 1.91. The molecule has 3 aromatic heterocycles. The van der Waals surface area contributed by atoms with Crippen LogP contribution in [0.2, 0.25) is 0 Å². The Hall–Kier alpha value is -2.13. The Labute approximate surface area is 148 Å². The second kappa shape index (κ2) is 5.70. The van der Waals surface area contributed by atoms with Crippen molar-refractivity contribution in [2.24, 2.45) is 0 Å². The second-order valence-electron chi connectivity index (χ2n) is 5.80. The minimum Gasteiger partial charge on any atom is -0.397 e. The fraction of sp³-hybridized carbons (Fsp3) is 0.250. The largest absolute Gasteiger partial charge is 0.417 e. The number of thiophene rings is 2. The number of hydrogen-bond acceptors (Lipinski definition) is 5. The third-order valence-corrected chi connectivity index (χ3v) is 5.89. The van der Waals surface area contributed by atoms with E-state index in [1.165, 1.54) is 11.3 Å². The van der Waals surface area contributed by atoms with Crippen LogP contribution in [0.1, 0.15) is 28.1 Å². The Morgan fingerprint density at radius 2 is 2.12 bits per heavy atom. The molecule has 0 radical (unpaired) electrons. The molecule has 0 atom stereocenters. The molecule has 0 aromatic carbocycles. The molecular weight excluding hydrogens is 371 g/mol. The number of hydrogen-bond donors (Lipinski definition) is 2. The van der Waals surface area contributed by atoms with Crippen LogP contribution in [0.3, 0.4) is 0 Å². The van der Waals surface area contributed by atoms with Crippen LogP contribution >= 0.6 is 22.7 Å². The lowest BCUT2D eigenvalue weighted by Crippen LogP contribution is -2.25. The van der Waals surface area contributed by atoms with Crippen LogP contribution in [0.4, 0.5) is 18.9 Å². The molecule has 1 saturated carbocycles. The highest BCUT2D eigenvalue weighted by Gasteiger charge is 2.36. The van der Waals surface area contributed by atoms with Crippen molar-refractivity contribution in [3.05, 3.63) is 34.0 Å². The van der Waals surface area contributed by atoms with E-state index in [-0.39, 0.29) is 32.5 Å². The lowest BCUT2D eigenvalue weighted by molar-refractivity contribution is -0.136. The molecule has 3 heterocycles. The number of amides is 1. The maximum Gasteiger partial charge on any atom is 0.417 e. The Morgan fingerprint density at radius 3 is 2.72 bits per heavy atom. The minimum atomic E-state index is -4.59. The number of nitrogen functional groups attached to an aromatic ring is 1. The summed E-state index contributed by atoms with van der Waals surface area (Å²) in [4.78, 5) is 17.4. The summed E-state index contributed by atoms with van der Waals surface area (Å²) in [7, 11) is 0. The molecule has 1 aliphatic rings. The number of halogens is 3. The lowest BCUT2D eigenvalue weighted by Gasteiger charge is -2.10. The zero-order chi connectivity index (χ0) is 17.8. The fourth-order valence-electron chi connectivity index (χ4n) is 2.54. The monoisotopic (exact) mass is 383 g/mol. The van der Waals surface area contributed by atoms with Crippen molar-refractivity contribution in [1.82, 2.24) is 10.3 Å². The number of pyridine rings is 1. The van der Waals surface area contributed by atoms with Crippen molar-refractivity contribution in [2.75, 3.05) is 5.73 Å². The van der Waals surface area contributed by atoms with Gasteiger partial charge in [-0.05, 0) is 30.4 Å². The molecule has 0 aliphatic heterocycles. The topological polar surface area (TPSA) is 68.0 Å². The van der Waals surface area contributed by atoms with Gasteiger partial charge in [0.15, 0.2) is 0 Å². The van der Waals surface area contributed by atoms with Crippen molar-refractivity contribution in [1.29, 1.82) is 0 Å². The molecule has 3 aromatic rings. The van der Waals surface area contributed by atoms with E-state index in [0.29, 0.717) is 4.88 Å². The summed E-state index contributed by atoms with van der Waals surface area (Å²) in [5, 5.41) is 4.33. The molecule has 4 nitrogen and oxygen atoms in total. The molecule has 0 saturated heterocycles. The summed E-state index contributed by atoms with van der Waals surface area (Å²) in [5.74, 6) is -0.436. The van der Waals surface area contributed by atoms with Gasteiger partial charge in [0, 0.05) is 11.4 Å². The summed E-state index contributed by atoms with van der Waals surface area (Å²) < 4.78 is 40.7. The minimum absolute atomic E-state index is 0.0863. The molecule has 0 spiro atoms. The first-order valence-electron chi connectivity index (χ1n) is 7.49. The molecule has 1 fully saturated rings. The normalized spacial score (nSPS) is 14.8. The van der Waals surface area contributed by atoms with Crippen molar-refractivity contribution in [3.63, 3.8) is 0 Å². The van der Waals surface area contributed by atoms with Crippen LogP contribution in [-0.2, 0) is 6.18 Å². The van der Waals surface area contributed by atoms with Crippen molar-refractivity contribution < 1.29 is 18.0 Å². The van der Waals surface area contributed by atoms with Crippen molar-refractivity contribution in [3.8, 4) is 10.6 Å². The number of aromatic nitrogens is 1. The van der Waals surface area contributed by atoms with Gasteiger partial charge in [0.2, 0.25) is 0 Å². The number of anilines is 1. The van der Waals surface area contributed by atoms with E-state index in [4.69, 9.17) is 5.73 Å². The van der Waals surface area contributed by atoms with Crippen LogP contribution in [0.25, 0.3) is 20.8 Å². The van der Waals surface area contributed by atoms with Crippen LogP contribution in [0.15, 0.2) is 23.6 Å². The number of carbonyl (C=O) groups is 1. The van der Waals surface area contributed by atoms with Gasteiger partial charge < -0.3 is 11.1 Å². The number of alkyl halides is 3. The van der Waals surface area contributed by atoms with Crippen LogP contribution in [0.5, 0.6) is 0 Å². The van der Waals surface area contributed by atoms with E-state index < -0.39 is 17.6 Å². The summed E-state index contributed by atoms with van der Waals surface area (Å²) >= 11 is 2.20. The van der Waals surface area contributed by atoms with E-state index in [1.54, 1.807) is 17.5 Å². The van der Waals surface area contributed by atoms with Crippen LogP contribution in [-0.4, -0.2) is 16.9 Å². The first kappa shape index (κ1) is 16.3. The second-order valence-corrected chi connectivity index (χ2v) is 7.75. The molecule has 1 aliphatic carbocycles. The van der Waals surface area contributed by atoms with Crippen molar-refractivity contribution in [2.45, 2.75) is 25.1 Å². The van der Waals surface area contributed by atoms with Gasteiger partial charge >= 0.3 is 6.18 Å². The first-order valence-corrected chi connectivity index (χ1v) is 9.19. The Bertz CT molecular complexity index is 959. The summed E-state index contributed by atoms with van der Waals surface area (Å²) in [6.45, 7) is 0. The summed E-state index contributed by atoms with van der Waals surface area (Å²) in [6.07, 6.45) is -2.83. The number of carbonyl (C=O) groups excluding carboxylic acids is 1. The molecule has 9 heteroatoms. The quantitative estimate of drug-likeness (QED) is 0.699. The van der Waals surface area contributed by atoms with Gasteiger partial charge in [0.1, 0.15) is 9.71 Å². The highest BCUT2D eigenvalue weighted by molar-refractivity contribution is 7.21. The molecule has 1 amide bonds. The lowest BCUT2D eigenvalue weighted by atomic mass is 10.1. The van der Waals surface area contributed by atoms with Crippen LogP contribution in [0, 0.1) is 0 Å². The molecule has 3 N–H and O–H groups in total. The molecule has 130 valence electrons. The van der Waals surface area contributed by atoms with Gasteiger partial charge in [0.25, 0.3) is 5.91 Å². The Kier molecular flexibility index (Phi) is 3.73. The van der Waals surface area contributed by atoms with E-state index >= 15 is 0 Å². The average Bonchev–Trinajstić information content (AvgIpc) is 3.08. The molecule has 0 bridgehead atoms. The number of nitrogens with zero attached hydrogens (tertiary/aromatic N) is 1. The standard InChI is InChI=1S/C16H12F3N3OS2/c17-16(18,19)8-6-9(10-2-1-5-24-10)22-15-11(8)12(20)13(25-15)14(23)21-7-3-4-7/h1-2,5-7H,3-4,20H2,(H,21,23). The third-order valence-electron chi connectivity index (χ3n) is 3.90. The molecule has 25 heavy (non-hydrogen) atoms. The van der Waals surface area contributed by atoms with Gasteiger partial charge in [-0.2, -0.15) is 13.2 Å². The average molecular weight is 383 g/mol. The van der Waals surface area contributed by atoms with Gasteiger partial charge in [-0.15, -0.1) is 22.7 Å². The van der Waals surface area contributed by atoms with E-state index in [0.717, 1.165) is 30.2 Å². The van der Waals surface area contributed by atoms with Gasteiger partial charge in [-0.25, -0.2) is 4.98 Å². The summed E-state index contributed by atoms with van der Waals surface area (Å²) in [6, 6.07) is 4.54. The molecule has 0 unspecified atom stereocenters. The maximum absolute atomic E-state index is 13.6. The maximum atomic E-state index is 13.6. The predicted octanol–water partition coefficient (Wildman–Crippen LogP) is 4.52. The summed E-state index contributed by atoms with van der Waals surface area (Å²) in [5.41, 5.74) is 5.12. The van der Waals surface area contributed by atoms with Crippen molar-refractivity contribution >= 4 is 44.5 Å². The number of nitrogens with two attached hydrogens (primary N) is 1. The van der Waals surface area contributed by atoms with Gasteiger partial charge in [0.05, 0.1) is 21.8 Å². The molecule has 4 rings (SSSR count). The van der Waals surface area contributed by atoms with E-state index in [9.17, 15) is 18.0 Å². The van der Waals surface area contributed by atoms with E-state index in [1.807, 2.05) is 0 Å². The highest BCUT2D eigenvalue weighted by Crippen LogP contribution is 2.44. The van der Waals surface area contributed by atoms with Gasteiger partial charge in [-0.1, -0.05) is 6.07 Å². The SMILES string of the molecule is Nc1c(C(=O)NC2CC2)sc2nc(-c3cccs3)cc(C(F)(F)F)c12. The third kappa shape index (κ3) is 2.98. The predicted molar refractivity (Wildman–Crippen MR) is 92.8 cm³/mol. The zero-order valence-electron chi connectivity index (χ0n) is 12.7. The fourth-order valence-corrected chi connectivity index (χ4v) is 4.25. The molecular formula is C16H12F3N3OS2. The van der Waals surface area contributed by atoms with Gasteiger partial charge in [-0.3, -0.25) is 4.79 Å².